The number of nitrogens with zero attached hydrogens (tertiary/aromatic N) is 4. The molecule has 1 unspecified atom stereocenters. The van der Waals surface area contributed by atoms with E-state index in [1.54, 1.807) is 17.5 Å². The summed E-state index contributed by atoms with van der Waals surface area (Å²) in [5, 5.41) is 6.16. The van der Waals surface area contributed by atoms with Gasteiger partial charge < -0.3 is 4.52 Å². The maximum Gasteiger partial charge on any atom is 0.248 e. The number of hydrogen-bond donors (Lipinski definition) is 0. The minimum atomic E-state index is -0.0970. The van der Waals surface area contributed by atoms with Crippen molar-refractivity contribution in [2.75, 3.05) is 14.1 Å². The molecule has 1 atom stereocenters. The van der Waals surface area contributed by atoms with Crippen molar-refractivity contribution in [3.63, 3.8) is 0 Å². The van der Waals surface area contributed by atoms with Gasteiger partial charge in [-0.25, -0.2) is 0 Å². The van der Waals surface area contributed by atoms with E-state index in [0.29, 0.717) is 11.7 Å². The van der Waals surface area contributed by atoms with Crippen LogP contribution in [0.25, 0.3) is 10.7 Å². The molecule has 0 aliphatic rings. The van der Waals surface area contributed by atoms with Gasteiger partial charge >= 0.3 is 0 Å². The van der Waals surface area contributed by atoms with E-state index in [2.05, 4.69) is 21.2 Å². The third-order valence-corrected chi connectivity index (χ3v) is 4.27. The zero-order valence-electron chi connectivity index (χ0n) is 12.1. The zero-order chi connectivity index (χ0) is 14.8. The number of aryl methyl sites for hydroxylation is 1. The summed E-state index contributed by atoms with van der Waals surface area (Å²) in [6.07, 6.45) is 3.58. The van der Waals surface area contributed by atoms with Gasteiger partial charge in [-0.2, -0.15) is 4.98 Å². The van der Waals surface area contributed by atoms with E-state index in [-0.39, 0.29) is 6.04 Å². The van der Waals surface area contributed by atoms with Crippen molar-refractivity contribution in [3.05, 3.63) is 53.0 Å². The quantitative estimate of drug-likeness (QED) is 0.741. The van der Waals surface area contributed by atoms with E-state index in [4.69, 9.17) is 4.52 Å². The van der Waals surface area contributed by atoms with Crippen LogP contribution in [0.4, 0.5) is 0 Å². The summed E-state index contributed by atoms with van der Waals surface area (Å²) in [6.45, 7) is 2.05. The molecule has 0 amide bonds. The molecule has 0 radical (unpaired) electrons. The molecule has 108 valence electrons. The fourth-order valence-corrected chi connectivity index (χ4v) is 3.09. The molecule has 0 aliphatic carbocycles. The fraction of sp³-hybridized carbons (Fsp3) is 0.267. The van der Waals surface area contributed by atoms with Crippen LogP contribution >= 0.6 is 11.3 Å². The van der Waals surface area contributed by atoms with Gasteiger partial charge in [0.1, 0.15) is 6.04 Å². The highest BCUT2D eigenvalue weighted by molar-refractivity contribution is 7.13. The highest BCUT2D eigenvalue weighted by Crippen LogP contribution is 2.30. The fourth-order valence-electron chi connectivity index (χ4n) is 2.24. The molecule has 0 aromatic carbocycles. The van der Waals surface area contributed by atoms with Crippen LogP contribution in [-0.2, 0) is 0 Å². The van der Waals surface area contributed by atoms with Gasteiger partial charge in [0.2, 0.25) is 11.7 Å². The molecule has 3 heterocycles. The van der Waals surface area contributed by atoms with E-state index >= 15 is 0 Å². The molecular weight excluding hydrogens is 284 g/mol. The second-order valence-electron chi connectivity index (χ2n) is 5.04. The first kappa shape index (κ1) is 13.9. The molecule has 21 heavy (non-hydrogen) atoms. The average molecular weight is 300 g/mol. The molecule has 3 aromatic rings. The zero-order valence-corrected chi connectivity index (χ0v) is 13.0. The molecule has 0 saturated carbocycles. The number of rotatable bonds is 4. The van der Waals surface area contributed by atoms with Gasteiger partial charge in [0, 0.05) is 12.4 Å². The Kier molecular flexibility index (Phi) is 3.81. The van der Waals surface area contributed by atoms with Crippen LogP contribution in [-0.4, -0.2) is 34.1 Å². The predicted octanol–water partition coefficient (Wildman–Crippen LogP) is 3.15. The smallest absolute Gasteiger partial charge is 0.248 e. The summed E-state index contributed by atoms with van der Waals surface area (Å²) in [7, 11) is 3.97. The Morgan fingerprint density at radius 2 is 2.14 bits per heavy atom. The van der Waals surface area contributed by atoms with Gasteiger partial charge in [-0.05, 0) is 49.7 Å². The van der Waals surface area contributed by atoms with Crippen LogP contribution < -0.4 is 0 Å². The second-order valence-corrected chi connectivity index (χ2v) is 5.96. The number of thiophene rings is 1. The van der Waals surface area contributed by atoms with Crippen LogP contribution in [0.5, 0.6) is 0 Å². The first-order valence-corrected chi connectivity index (χ1v) is 7.49. The predicted molar refractivity (Wildman–Crippen MR) is 82.1 cm³/mol. The Labute approximate surface area is 127 Å². The lowest BCUT2D eigenvalue weighted by Gasteiger charge is -2.20. The van der Waals surface area contributed by atoms with Crippen molar-refractivity contribution < 1.29 is 4.52 Å². The standard InChI is InChI=1S/C15H16N4OS/c1-10-6-8-21-13(10)14-17-15(20-18-14)12(19(2)3)11-5-4-7-16-9-11/h4-9,12H,1-3H3. The van der Waals surface area contributed by atoms with Gasteiger partial charge in [-0.3, -0.25) is 9.88 Å². The maximum absolute atomic E-state index is 5.50. The summed E-state index contributed by atoms with van der Waals surface area (Å²) in [6, 6.07) is 5.88. The van der Waals surface area contributed by atoms with E-state index in [9.17, 15) is 0 Å². The Bertz CT molecular complexity index is 720. The molecule has 0 N–H and O–H groups in total. The third kappa shape index (κ3) is 2.72. The lowest BCUT2D eigenvalue weighted by Crippen LogP contribution is -2.21. The molecule has 6 heteroatoms. The Hall–Kier alpha value is -2.05. The molecule has 3 aromatic heterocycles. The summed E-state index contributed by atoms with van der Waals surface area (Å²) in [4.78, 5) is 11.8. The van der Waals surface area contributed by atoms with E-state index in [1.165, 1.54) is 0 Å². The molecule has 5 nitrogen and oxygen atoms in total. The van der Waals surface area contributed by atoms with Gasteiger partial charge in [0.15, 0.2) is 0 Å². The Morgan fingerprint density at radius 1 is 1.29 bits per heavy atom. The van der Waals surface area contributed by atoms with E-state index in [0.717, 1.165) is 16.0 Å². The summed E-state index contributed by atoms with van der Waals surface area (Å²) >= 11 is 1.62. The first-order valence-electron chi connectivity index (χ1n) is 6.61. The largest absolute Gasteiger partial charge is 0.337 e. The minimum absolute atomic E-state index is 0.0970. The van der Waals surface area contributed by atoms with Crippen molar-refractivity contribution in [2.24, 2.45) is 0 Å². The molecule has 3 rings (SSSR count). The van der Waals surface area contributed by atoms with Crippen LogP contribution in [0.15, 0.2) is 40.5 Å². The first-order chi connectivity index (χ1) is 10.2. The van der Waals surface area contributed by atoms with Crippen molar-refractivity contribution in [1.29, 1.82) is 0 Å². The maximum atomic E-state index is 5.50. The lowest BCUT2D eigenvalue weighted by molar-refractivity contribution is 0.261. The molecule has 0 fully saturated rings. The van der Waals surface area contributed by atoms with Gasteiger partial charge in [-0.1, -0.05) is 11.2 Å². The summed E-state index contributed by atoms with van der Waals surface area (Å²) < 4.78 is 5.50. The molecule has 0 saturated heterocycles. The van der Waals surface area contributed by atoms with E-state index < -0.39 is 0 Å². The monoisotopic (exact) mass is 300 g/mol. The SMILES string of the molecule is Cc1ccsc1-c1noc(C(c2cccnc2)N(C)C)n1. The van der Waals surface area contributed by atoms with Crippen LogP contribution in [0.2, 0.25) is 0 Å². The lowest BCUT2D eigenvalue weighted by atomic mass is 10.1. The second kappa shape index (κ2) is 5.75. The third-order valence-electron chi connectivity index (χ3n) is 3.26. The van der Waals surface area contributed by atoms with Crippen molar-refractivity contribution in [3.8, 4) is 10.7 Å². The topological polar surface area (TPSA) is 55.1 Å². The van der Waals surface area contributed by atoms with Crippen molar-refractivity contribution >= 4 is 11.3 Å². The number of pyridine rings is 1. The number of aromatic nitrogens is 3. The van der Waals surface area contributed by atoms with Crippen LogP contribution in [0.1, 0.15) is 23.1 Å². The van der Waals surface area contributed by atoms with Crippen molar-refractivity contribution in [1.82, 2.24) is 20.0 Å². The highest BCUT2D eigenvalue weighted by atomic mass is 32.1. The summed E-state index contributed by atoms with van der Waals surface area (Å²) in [5.74, 6) is 1.23. The van der Waals surface area contributed by atoms with Gasteiger partial charge in [-0.15, -0.1) is 11.3 Å². The van der Waals surface area contributed by atoms with Gasteiger partial charge in [0.05, 0.1) is 4.88 Å². The van der Waals surface area contributed by atoms with E-state index in [1.807, 2.05) is 49.6 Å². The number of hydrogen-bond acceptors (Lipinski definition) is 6. The molecule has 0 bridgehead atoms. The molecule has 0 aliphatic heterocycles. The molecule has 0 spiro atoms. The normalized spacial score (nSPS) is 12.8. The Morgan fingerprint density at radius 3 is 2.76 bits per heavy atom. The molecular formula is C15H16N4OS. The van der Waals surface area contributed by atoms with Crippen LogP contribution in [0, 0.1) is 6.92 Å². The highest BCUT2D eigenvalue weighted by Gasteiger charge is 2.24. The average Bonchev–Trinajstić information content (AvgIpc) is 3.09. The van der Waals surface area contributed by atoms with Crippen molar-refractivity contribution in [2.45, 2.75) is 13.0 Å². The minimum Gasteiger partial charge on any atom is -0.337 e. The van der Waals surface area contributed by atoms with Crippen LogP contribution in [0.3, 0.4) is 0 Å². The summed E-state index contributed by atoms with van der Waals surface area (Å²) in [5.41, 5.74) is 2.19. The Balaban J connectivity index is 1.99. The van der Waals surface area contributed by atoms with Gasteiger partial charge in [0.25, 0.3) is 0 Å².